The van der Waals surface area contributed by atoms with E-state index in [0.29, 0.717) is 17.1 Å². The maximum absolute atomic E-state index is 11.7. The number of rotatable bonds is 3. The normalized spacial score (nSPS) is 11.6. The fourth-order valence-electron chi connectivity index (χ4n) is 1.36. The minimum atomic E-state index is -0.0766. The van der Waals surface area contributed by atoms with Gasteiger partial charge in [0.1, 0.15) is 0 Å². The quantitative estimate of drug-likeness (QED) is 0.700. The van der Waals surface area contributed by atoms with Crippen LogP contribution in [0.4, 0.5) is 11.4 Å². The highest BCUT2D eigenvalue weighted by Crippen LogP contribution is 2.24. The van der Waals surface area contributed by atoms with Crippen molar-refractivity contribution in [3.8, 4) is 0 Å². The van der Waals surface area contributed by atoms with Gasteiger partial charge in [-0.2, -0.15) is 0 Å². The fourth-order valence-corrected chi connectivity index (χ4v) is 1.36. The van der Waals surface area contributed by atoms with Crippen LogP contribution in [0.2, 0.25) is 0 Å². The summed E-state index contributed by atoms with van der Waals surface area (Å²) >= 11 is 0. The van der Waals surface area contributed by atoms with Crippen LogP contribution >= 0.6 is 0 Å². The van der Waals surface area contributed by atoms with Gasteiger partial charge in [0.05, 0.1) is 5.69 Å². The molecule has 1 aromatic carbocycles. The molecule has 0 saturated carbocycles. The van der Waals surface area contributed by atoms with E-state index in [1.165, 1.54) is 0 Å². The van der Waals surface area contributed by atoms with Crippen LogP contribution in [0.1, 0.15) is 26.3 Å². The molecule has 5 N–H and O–H groups in total. The van der Waals surface area contributed by atoms with E-state index >= 15 is 0 Å². The predicted octanol–water partition coefficient (Wildman–Crippen LogP) is 2.18. The fraction of sp³-hybridized carbons (Fsp3) is 0.308. The maximum atomic E-state index is 11.7. The summed E-state index contributed by atoms with van der Waals surface area (Å²) in [5, 5.41) is 2.84. The van der Waals surface area contributed by atoms with E-state index in [1.807, 2.05) is 19.9 Å². The molecule has 0 unspecified atom stereocenters. The molecule has 17 heavy (non-hydrogen) atoms. The summed E-state index contributed by atoms with van der Waals surface area (Å²) in [6.45, 7) is 5.46. The largest absolute Gasteiger partial charge is 0.402 e. The van der Waals surface area contributed by atoms with Crippen molar-refractivity contribution in [2.24, 2.45) is 11.7 Å². The third-order valence-electron chi connectivity index (χ3n) is 2.29. The van der Waals surface area contributed by atoms with E-state index in [-0.39, 0.29) is 11.8 Å². The van der Waals surface area contributed by atoms with Gasteiger partial charge >= 0.3 is 0 Å². The van der Waals surface area contributed by atoms with Crippen LogP contribution < -0.4 is 16.8 Å². The Labute approximate surface area is 102 Å². The van der Waals surface area contributed by atoms with Crippen LogP contribution in [-0.2, 0) is 4.79 Å². The van der Waals surface area contributed by atoms with Crippen molar-refractivity contribution in [2.75, 3.05) is 11.1 Å². The number of anilines is 2. The Balaban J connectivity index is 3.11. The lowest BCUT2D eigenvalue weighted by Crippen LogP contribution is -2.18. The molecule has 1 rings (SSSR count). The average molecular weight is 233 g/mol. The Morgan fingerprint density at radius 2 is 2.06 bits per heavy atom. The van der Waals surface area contributed by atoms with Crippen LogP contribution in [0.25, 0.3) is 6.08 Å². The first-order chi connectivity index (χ1) is 7.91. The summed E-state index contributed by atoms with van der Waals surface area (Å²) in [5.74, 6) is -0.118. The smallest absolute Gasteiger partial charge is 0.226 e. The van der Waals surface area contributed by atoms with Gasteiger partial charge in [-0.25, -0.2) is 0 Å². The number of allylic oxidation sites excluding steroid dienone is 1. The second-order valence-corrected chi connectivity index (χ2v) is 4.34. The van der Waals surface area contributed by atoms with Gasteiger partial charge in [-0.15, -0.1) is 0 Å². The van der Waals surface area contributed by atoms with E-state index in [9.17, 15) is 4.79 Å². The summed E-state index contributed by atoms with van der Waals surface area (Å²) < 4.78 is 0. The van der Waals surface area contributed by atoms with Gasteiger partial charge in [0.2, 0.25) is 5.91 Å². The molecule has 0 heterocycles. The summed E-state index contributed by atoms with van der Waals surface area (Å²) in [5.41, 5.74) is 14.2. The second kappa shape index (κ2) is 5.39. The van der Waals surface area contributed by atoms with Crippen molar-refractivity contribution >= 4 is 23.4 Å². The van der Waals surface area contributed by atoms with Crippen molar-refractivity contribution in [1.29, 1.82) is 0 Å². The number of nitrogens with one attached hydrogen (secondary N) is 1. The molecule has 0 fully saturated rings. The lowest BCUT2D eigenvalue weighted by Gasteiger charge is -2.12. The molecular formula is C13H19N3O. The minimum absolute atomic E-state index is 0.0417. The number of carbonyl (C=O) groups excluding carboxylic acids is 1. The molecule has 0 bridgehead atoms. The SMILES string of the molecule is C/C(N)=C/c1c(N)cccc1NC(=O)C(C)C. The van der Waals surface area contributed by atoms with Crippen LogP contribution in [0.5, 0.6) is 0 Å². The molecule has 0 aromatic heterocycles. The Morgan fingerprint density at radius 1 is 1.41 bits per heavy atom. The van der Waals surface area contributed by atoms with Gasteiger partial charge in [-0.1, -0.05) is 19.9 Å². The number of nitrogens with two attached hydrogens (primary N) is 2. The molecule has 1 aromatic rings. The molecular weight excluding hydrogens is 214 g/mol. The van der Waals surface area contributed by atoms with Crippen molar-refractivity contribution in [3.63, 3.8) is 0 Å². The first-order valence-electron chi connectivity index (χ1n) is 5.55. The number of carbonyl (C=O) groups is 1. The van der Waals surface area contributed by atoms with Gasteiger partial charge in [0, 0.05) is 22.9 Å². The van der Waals surface area contributed by atoms with E-state index in [0.717, 1.165) is 5.56 Å². The number of benzene rings is 1. The summed E-state index contributed by atoms with van der Waals surface area (Å²) in [7, 11) is 0. The predicted molar refractivity (Wildman–Crippen MR) is 72.2 cm³/mol. The van der Waals surface area contributed by atoms with Crippen LogP contribution in [0, 0.1) is 5.92 Å². The molecule has 4 heteroatoms. The topological polar surface area (TPSA) is 81.1 Å². The third-order valence-corrected chi connectivity index (χ3v) is 2.29. The van der Waals surface area contributed by atoms with Crippen molar-refractivity contribution in [1.82, 2.24) is 0 Å². The molecule has 0 spiro atoms. The lowest BCUT2D eigenvalue weighted by atomic mass is 10.1. The molecule has 0 aliphatic heterocycles. The number of amides is 1. The molecule has 4 nitrogen and oxygen atoms in total. The zero-order valence-corrected chi connectivity index (χ0v) is 10.4. The van der Waals surface area contributed by atoms with Crippen molar-refractivity contribution in [3.05, 3.63) is 29.5 Å². The van der Waals surface area contributed by atoms with E-state index in [1.54, 1.807) is 25.1 Å². The summed E-state index contributed by atoms with van der Waals surface area (Å²) in [6.07, 6.45) is 1.76. The molecule has 1 amide bonds. The average Bonchev–Trinajstić information content (AvgIpc) is 2.22. The number of hydrogen-bond donors (Lipinski definition) is 3. The van der Waals surface area contributed by atoms with Crippen molar-refractivity contribution < 1.29 is 4.79 Å². The number of hydrogen-bond acceptors (Lipinski definition) is 3. The van der Waals surface area contributed by atoms with Crippen molar-refractivity contribution in [2.45, 2.75) is 20.8 Å². The van der Waals surface area contributed by atoms with Crippen LogP contribution in [0.15, 0.2) is 23.9 Å². The first-order valence-corrected chi connectivity index (χ1v) is 5.55. The zero-order chi connectivity index (χ0) is 13.0. The minimum Gasteiger partial charge on any atom is -0.402 e. The van der Waals surface area contributed by atoms with Gasteiger partial charge in [-0.05, 0) is 25.1 Å². The maximum Gasteiger partial charge on any atom is 0.226 e. The second-order valence-electron chi connectivity index (χ2n) is 4.34. The van der Waals surface area contributed by atoms with Gasteiger partial charge in [-0.3, -0.25) is 4.79 Å². The van der Waals surface area contributed by atoms with E-state index in [4.69, 9.17) is 11.5 Å². The third kappa shape index (κ3) is 3.52. The highest BCUT2D eigenvalue weighted by atomic mass is 16.1. The summed E-state index contributed by atoms with van der Waals surface area (Å²) in [4.78, 5) is 11.7. The molecule has 92 valence electrons. The van der Waals surface area contributed by atoms with Crippen LogP contribution in [-0.4, -0.2) is 5.91 Å². The lowest BCUT2D eigenvalue weighted by molar-refractivity contribution is -0.118. The zero-order valence-electron chi connectivity index (χ0n) is 10.4. The van der Waals surface area contributed by atoms with Gasteiger partial charge in [0.15, 0.2) is 0 Å². The summed E-state index contributed by atoms with van der Waals surface area (Å²) in [6, 6.07) is 5.39. The van der Waals surface area contributed by atoms with Gasteiger partial charge in [0.25, 0.3) is 0 Å². The highest BCUT2D eigenvalue weighted by molar-refractivity contribution is 5.95. The standard InChI is InChI=1S/C13H19N3O/c1-8(2)13(17)16-12-6-4-5-11(15)10(12)7-9(3)14/h4-8H,14-15H2,1-3H3,(H,16,17)/b9-7-. The van der Waals surface area contributed by atoms with E-state index in [2.05, 4.69) is 5.32 Å². The highest BCUT2D eigenvalue weighted by Gasteiger charge is 2.10. The first kappa shape index (κ1) is 13.1. The Kier molecular flexibility index (Phi) is 4.15. The molecule has 0 radical (unpaired) electrons. The molecule has 0 saturated heterocycles. The van der Waals surface area contributed by atoms with E-state index < -0.39 is 0 Å². The monoisotopic (exact) mass is 233 g/mol. The number of nitrogen functional groups attached to an aromatic ring is 1. The molecule has 0 aliphatic rings. The van der Waals surface area contributed by atoms with Crippen LogP contribution in [0.3, 0.4) is 0 Å². The Morgan fingerprint density at radius 3 is 2.59 bits per heavy atom. The molecule has 0 atom stereocenters. The Bertz CT molecular complexity index is 446. The molecule has 0 aliphatic carbocycles. The van der Waals surface area contributed by atoms with Gasteiger partial charge < -0.3 is 16.8 Å². The Hall–Kier alpha value is -1.97.